The van der Waals surface area contributed by atoms with Crippen LogP contribution in [0, 0.1) is 24.7 Å². The molecule has 2 fully saturated rings. The van der Waals surface area contributed by atoms with Crippen LogP contribution in [0.3, 0.4) is 0 Å². The van der Waals surface area contributed by atoms with Crippen molar-refractivity contribution < 1.29 is 0 Å². The van der Waals surface area contributed by atoms with Gasteiger partial charge in [0, 0.05) is 0 Å². The minimum atomic E-state index is 0. The summed E-state index contributed by atoms with van der Waals surface area (Å²) in [6.45, 7) is 4.54. The van der Waals surface area contributed by atoms with Crippen molar-refractivity contribution in [1.82, 2.24) is 0 Å². The zero-order valence-electron chi connectivity index (χ0n) is 14.7. The molecule has 0 aromatic heterocycles. The van der Waals surface area contributed by atoms with Gasteiger partial charge in [0.2, 0.25) is 0 Å². The molecule has 3 rings (SSSR count). The van der Waals surface area contributed by atoms with E-state index < -0.39 is 0 Å². The largest absolute Gasteiger partial charge is 0.0776 e. The monoisotopic (exact) mass is 314 g/mol. The van der Waals surface area contributed by atoms with Gasteiger partial charge in [0.25, 0.3) is 0 Å². The molecule has 0 spiro atoms. The third-order valence-corrected chi connectivity index (χ3v) is 6.58. The van der Waals surface area contributed by atoms with Gasteiger partial charge in [-0.2, -0.15) is 0 Å². The highest BCUT2D eigenvalue weighted by molar-refractivity contribution is 5.24. The summed E-state index contributed by atoms with van der Waals surface area (Å²) in [6, 6.07) is 9.32. The van der Waals surface area contributed by atoms with Gasteiger partial charge >= 0.3 is 0 Å². The molecule has 2 saturated carbocycles. The molecule has 0 bridgehead atoms. The molecule has 2 aliphatic carbocycles. The highest BCUT2D eigenvalue weighted by Gasteiger charge is 2.30. The fourth-order valence-electron chi connectivity index (χ4n) is 5.12. The van der Waals surface area contributed by atoms with Gasteiger partial charge in [-0.1, -0.05) is 69.9 Å². The van der Waals surface area contributed by atoms with Crippen molar-refractivity contribution in [3.63, 3.8) is 0 Å². The number of rotatable bonds is 4. The molecule has 0 nitrogen and oxygen atoms in total. The lowest BCUT2D eigenvalue weighted by Gasteiger charge is -2.38. The third kappa shape index (κ3) is 4.85. The first-order valence-corrected chi connectivity index (χ1v) is 9.82. The second-order valence-electron chi connectivity index (χ2n) is 8.09. The number of hydrogen-bond donors (Lipinski definition) is 0. The van der Waals surface area contributed by atoms with E-state index in [0.717, 1.165) is 23.7 Å². The molecule has 1 aromatic rings. The van der Waals surface area contributed by atoms with Crippen LogP contribution in [0.2, 0.25) is 0 Å². The molecule has 0 N–H and O–H groups in total. The molecule has 23 heavy (non-hydrogen) atoms. The summed E-state index contributed by atoms with van der Waals surface area (Å²) in [5.41, 5.74) is 2.98. The standard InChI is InChI=1S/C22H34.CH4/c1-3-4-18-7-11-20(12-8-18)22-15-13-21(14-16-22)19-9-5-17(2)6-10-19;/h5-6,9-10,18,20-22H,3-4,7-8,11-16H2,1-2H3;1H4. The molecular formula is C23H38. The zero-order valence-corrected chi connectivity index (χ0v) is 14.7. The van der Waals surface area contributed by atoms with Crippen LogP contribution in [0.15, 0.2) is 24.3 Å². The Hall–Kier alpha value is -0.780. The first-order chi connectivity index (χ1) is 10.8. The number of benzene rings is 1. The minimum Gasteiger partial charge on any atom is -0.0776 e. The van der Waals surface area contributed by atoms with Crippen LogP contribution in [0.1, 0.15) is 95.6 Å². The quantitative estimate of drug-likeness (QED) is 0.539. The minimum absolute atomic E-state index is 0. The van der Waals surface area contributed by atoms with Crippen molar-refractivity contribution in [2.24, 2.45) is 17.8 Å². The molecule has 0 heterocycles. The first-order valence-electron chi connectivity index (χ1n) is 9.82. The maximum absolute atomic E-state index is 2.37. The van der Waals surface area contributed by atoms with E-state index in [1.54, 1.807) is 5.56 Å². The average molecular weight is 315 g/mol. The molecule has 0 aliphatic heterocycles. The highest BCUT2D eigenvalue weighted by Crippen LogP contribution is 2.44. The van der Waals surface area contributed by atoms with Gasteiger partial charge in [0.05, 0.1) is 0 Å². The summed E-state index contributed by atoms with van der Waals surface area (Å²) < 4.78 is 0. The fraction of sp³-hybridized carbons (Fsp3) is 0.739. The van der Waals surface area contributed by atoms with E-state index in [-0.39, 0.29) is 7.43 Å². The van der Waals surface area contributed by atoms with Gasteiger partial charge in [-0.05, 0) is 74.7 Å². The van der Waals surface area contributed by atoms with Crippen LogP contribution in [-0.2, 0) is 0 Å². The molecule has 130 valence electrons. The second-order valence-corrected chi connectivity index (χ2v) is 8.09. The van der Waals surface area contributed by atoms with Crippen molar-refractivity contribution >= 4 is 0 Å². The Bertz CT molecular complexity index is 428. The van der Waals surface area contributed by atoms with Gasteiger partial charge in [0.15, 0.2) is 0 Å². The molecule has 0 unspecified atom stereocenters. The third-order valence-electron chi connectivity index (χ3n) is 6.58. The lowest BCUT2D eigenvalue weighted by atomic mass is 9.68. The molecule has 0 amide bonds. The predicted octanol–water partition coefficient (Wildman–Crippen LogP) is 7.51. The predicted molar refractivity (Wildman–Crippen MR) is 103 cm³/mol. The Labute approximate surface area is 145 Å². The van der Waals surface area contributed by atoms with E-state index in [4.69, 9.17) is 0 Å². The molecular weight excluding hydrogens is 276 g/mol. The molecule has 2 aliphatic rings. The fourth-order valence-corrected chi connectivity index (χ4v) is 5.12. The molecule has 0 radical (unpaired) electrons. The lowest BCUT2D eigenvalue weighted by molar-refractivity contribution is 0.156. The van der Waals surface area contributed by atoms with Crippen molar-refractivity contribution in [3.8, 4) is 0 Å². The van der Waals surface area contributed by atoms with Gasteiger partial charge in [-0.25, -0.2) is 0 Å². The summed E-state index contributed by atoms with van der Waals surface area (Å²) in [6.07, 6.45) is 14.8. The summed E-state index contributed by atoms with van der Waals surface area (Å²) >= 11 is 0. The SMILES string of the molecule is C.CCCC1CCC(C2CCC(c3ccc(C)cc3)CC2)CC1. The summed E-state index contributed by atoms with van der Waals surface area (Å²) in [5.74, 6) is 4.01. The van der Waals surface area contributed by atoms with Crippen molar-refractivity contribution in [2.75, 3.05) is 0 Å². The average Bonchev–Trinajstić information content (AvgIpc) is 2.57. The van der Waals surface area contributed by atoms with E-state index in [0.29, 0.717) is 0 Å². The normalized spacial score (nSPS) is 31.4. The lowest BCUT2D eigenvalue weighted by Crippen LogP contribution is -2.25. The summed E-state index contributed by atoms with van der Waals surface area (Å²) in [7, 11) is 0. The van der Waals surface area contributed by atoms with E-state index >= 15 is 0 Å². The summed E-state index contributed by atoms with van der Waals surface area (Å²) in [4.78, 5) is 0. The van der Waals surface area contributed by atoms with Crippen molar-refractivity contribution in [2.45, 2.75) is 91.4 Å². The Morgan fingerprint density at radius 1 is 0.783 bits per heavy atom. The Balaban J connectivity index is 0.00000192. The maximum Gasteiger partial charge on any atom is -0.0162 e. The van der Waals surface area contributed by atoms with Crippen LogP contribution in [0.5, 0.6) is 0 Å². The first kappa shape index (κ1) is 18.6. The van der Waals surface area contributed by atoms with E-state index in [9.17, 15) is 0 Å². The Morgan fingerprint density at radius 3 is 1.83 bits per heavy atom. The van der Waals surface area contributed by atoms with E-state index in [1.807, 2.05) is 0 Å². The van der Waals surface area contributed by atoms with Crippen LogP contribution >= 0.6 is 0 Å². The smallest absolute Gasteiger partial charge is 0.0162 e. The van der Waals surface area contributed by atoms with Crippen LogP contribution in [-0.4, -0.2) is 0 Å². The van der Waals surface area contributed by atoms with Crippen LogP contribution < -0.4 is 0 Å². The molecule has 0 saturated heterocycles. The van der Waals surface area contributed by atoms with Crippen molar-refractivity contribution in [1.29, 1.82) is 0 Å². The van der Waals surface area contributed by atoms with Crippen LogP contribution in [0.25, 0.3) is 0 Å². The van der Waals surface area contributed by atoms with Gasteiger partial charge in [0.1, 0.15) is 0 Å². The molecule has 0 heteroatoms. The van der Waals surface area contributed by atoms with Crippen LogP contribution in [0.4, 0.5) is 0 Å². The van der Waals surface area contributed by atoms with Crippen molar-refractivity contribution in [3.05, 3.63) is 35.4 Å². The topological polar surface area (TPSA) is 0 Å². The van der Waals surface area contributed by atoms with Gasteiger partial charge in [-0.3, -0.25) is 0 Å². The van der Waals surface area contributed by atoms with E-state index in [2.05, 4.69) is 38.1 Å². The summed E-state index contributed by atoms with van der Waals surface area (Å²) in [5, 5.41) is 0. The number of aryl methyl sites for hydroxylation is 1. The van der Waals surface area contributed by atoms with E-state index in [1.165, 1.54) is 69.8 Å². The second kappa shape index (κ2) is 8.90. The van der Waals surface area contributed by atoms with Gasteiger partial charge < -0.3 is 0 Å². The molecule has 0 atom stereocenters. The highest BCUT2D eigenvalue weighted by atomic mass is 14.4. The zero-order chi connectivity index (χ0) is 15.4. The Morgan fingerprint density at radius 2 is 1.30 bits per heavy atom. The maximum atomic E-state index is 2.37. The Kier molecular flexibility index (Phi) is 7.18. The molecule has 1 aromatic carbocycles. The van der Waals surface area contributed by atoms with Gasteiger partial charge in [-0.15, -0.1) is 0 Å². The number of hydrogen-bond acceptors (Lipinski definition) is 0.